The number of halogens is 2. The summed E-state index contributed by atoms with van der Waals surface area (Å²) in [7, 11) is 1.03. The van der Waals surface area contributed by atoms with Gasteiger partial charge in [-0.3, -0.25) is 4.79 Å². The number of aromatic nitrogens is 4. The topological polar surface area (TPSA) is 110 Å². The van der Waals surface area contributed by atoms with Crippen LogP contribution in [0.4, 0.5) is 8.78 Å². The van der Waals surface area contributed by atoms with Gasteiger partial charge in [0.25, 0.3) is 5.91 Å². The van der Waals surface area contributed by atoms with Crippen molar-refractivity contribution in [3.05, 3.63) is 120 Å². The van der Waals surface area contributed by atoms with Crippen LogP contribution >= 0.6 is 0 Å². The molecule has 0 aliphatic carbocycles. The number of nitrogens with zero attached hydrogens (tertiary/aromatic N) is 5. The molecule has 1 amide bonds. The fourth-order valence-electron chi connectivity index (χ4n) is 6.04. The maximum absolute atomic E-state index is 14.5. The first kappa shape index (κ1) is 29.2. The predicted octanol–water partition coefficient (Wildman–Crippen LogP) is 5.82. The van der Waals surface area contributed by atoms with Crippen molar-refractivity contribution in [2.75, 3.05) is 20.2 Å². The van der Waals surface area contributed by atoms with Gasteiger partial charge in [0.2, 0.25) is 0 Å². The molecule has 1 aliphatic rings. The zero-order valence-corrected chi connectivity index (χ0v) is 24.7. The number of carbonyl (C=O) groups excluding carboxylic acids is 2. The highest BCUT2D eigenvalue weighted by Crippen LogP contribution is 2.35. The van der Waals surface area contributed by atoms with E-state index in [4.69, 9.17) is 4.98 Å². The van der Waals surface area contributed by atoms with Gasteiger partial charge in [0, 0.05) is 36.2 Å². The Labute approximate surface area is 261 Å². The molecule has 0 spiro atoms. The van der Waals surface area contributed by atoms with Crippen molar-refractivity contribution in [1.29, 1.82) is 0 Å². The van der Waals surface area contributed by atoms with Crippen molar-refractivity contribution in [2.45, 2.75) is 18.4 Å². The fraction of sp³-hybridized carbons (Fsp3) is 0.171. The van der Waals surface area contributed by atoms with Crippen LogP contribution in [0.5, 0.6) is 0 Å². The van der Waals surface area contributed by atoms with Crippen LogP contribution in [-0.4, -0.2) is 62.1 Å². The van der Waals surface area contributed by atoms with Gasteiger partial charge in [0.05, 0.1) is 35.8 Å². The van der Waals surface area contributed by atoms with E-state index in [0.717, 1.165) is 45.6 Å². The van der Waals surface area contributed by atoms with Gasteiger partial charge in [-0.05, 0) is 35.7 Å². The number of esters is 1. The molecule has 0 atom stereocenters. The predicted molar refractivity (Wildman–Crippen MR) is 166 cm³/mol. The number of hydrogen-bond acceptors (Lipinski definition) is 7. The van der Waals surface area contributed by atoms with Crippen LogP contribution in [0.2, 0.25) is 0 Å². The summed E-state index contributed by atoms with van der Waals surface area (Å²) < 4.78 is 34.6. The van der Waals surface area contributed by atoms with Gasteiger partial charge < -0.3 is 14.7 Å². The lowest BCUT2D eigenvalue weighted by Crippen LogP contribution is -2.45. The molecule has 3 heterocycles. The minimum Gasteiger partial charge on any atom is -0.465 e. The van der Waals surface area contributed by atoms with E-state index >= 15 is 0 Å². The number of amides is 1. The quantitative estimate of drug-likeness (QED) is 0.242. The molecule has 2 aromatic heterocycles. The fourth-order valence-corrected chi connectivity index (χ4v) is 6.04. The molecular formula is C35H27F2N5O4. The molecule has 4 aromatic carbocycles. The number of benzene rings is 4. The normalized spacial score (nSPS) is 14.5. The Kier molecular flexibility index (Phi) is 7.25. The third-order valence-electron chi connectivity index (χ3n) is 8.54. The van der Waals surface area contributed by atoms with E-state index in [0.29, 0.717) is 16.8 Å². The summed E-state index contributed by atoms with van der Waals surface area (Å²) in [6, 6.07) is 25.3. The monoisotopic (exact) mass is 619 g/mol. The highest BCUT2D eigenvalue weighted by atomic mass is 19.1. The molecule has 7 rings (SSSR count). The molecule has 11 heteroatoms. The number of piperidine rings is 1. The number of para-hydroxylation sites is 1. The zero-order chi connectivity index (χ0) is 32.0. The summed E-state index contributed by atoms with van der Waals surface area (Å²) in [4.78, 5) is 32.4. The van der Waals surface area contributed by atoms with Gasteiger partial charge >= 0.3 is 5.97 Å². The molecule has 1 N–H and O–H groups in total. The molecule has 46 heavy (non-hydrogen) atoms. The largest absolute Gasteiger partial charge is 0.465 e. The first-order chi connectivity index (χ1) is 22.3. The standard InChI is InChI=1S/C35H27F2N5O4/c1-46-34(44)32-27(36)17-22(18-28(32)37)42-20-31(39-40-42)35(45)13-15-41(16-14-35)33(43)26-19-30(38-29-12-5-4-10-25(26)29)24-11-6-8-21-7-2-3-9-23(21)24/h2-12,17-20,45H,13-16H2,1H3. The maximum atomic E-state index is 14.5. The van der Waals surface area contributed by atoms with E-state index in [2.05, 4.69) is 15.0 Å². The zero-order valence-electron chi connectivity index (χ0n) is 24.7. The molecule has 0 radical (unpaired) electrons. The molecule has 0 saturated carbocycles. The van der Waals surface area contributed by atoms with Crippen molar-refractivity contribution in [1.82, 2.24) is 24.9 Å². The van der Waals surface area contributed by atoms with Gasteiger partial charge in [0.1, 0.15) is 28.5 Å². The second-order valence-corrected chi connectivity index (χ2v) is 11.2. The molecule has 1 fully saturated rings. The summed E-state index contributed by atoms with van der Waals surface area (Å²) in [5, 5.41) is 22.4. The van der Waals surface area contributed by atoms with Crippen LogP contribution < -0.4 is 0 Å². The van der Waals surface area contributed by atoms with Gasteiger partial charge in [-0.15, -0.1) is 5.10 Å². The average Bonchev–Trinajstić information content (AvgIpc) is 3.59. The number of methoxy groups -OCH3 is 1. The van der Waals surface area contributed by atoms with Crippen LogP contribution in [0.15, 0.2) is 91.1 Å². The number of rotatable bonds is 5. The number of pyridine rings is 1. The summed E-state index contributed by atoms with van der Waals surface area (Å²) in [6.07, 6.45) is 1.72. The molecule has 9 nitrogen and oxygen atoms in total. The van der Waals surface area contributed by atoms with Crippen molar-refractivity contribution in [3.63, 3.8) is 0 Å². The van der Waals surface area contributed by atoms with Crippen LogP contribution in [0.1, 0.15) is 39.3 Å². The summed E-state index contributed by atoms with van der Waals surface area (Å²) >= 11 is 0. The second kappa shape index (κ2) is 11.4. The van der Waals surface area contributed by atoms with Gasteiger partial charge in [-0.2, -0.15) is 0 Å². The van der Waals surface area contributed by atoms with E-state index in [-0.39, 0.29) is 43.2 Å². The molecular weight excluding hydrogens is 592 g/mol. The molecule has 230 valence electrons. The Hall–Kier alpha value is -5.55. The Morgan fingerprint density at radius 2 is 1.57 bits per heavy atom. The van der Waals surface area contributed by atoms with E-state index < -0.39 is 28.8 Å². The lowest BCUT2D eigenvalue weighted by Gasteiger charge is -2.37. The lowest BCUT2D eigenvalue weighted by atomic mass is 9.88. The average molecular weight is 620 g/mol. The lowest BCUT2D eigenvalue weighted by molar-refractivity contribution is -0.0244. The van der Waals surface area contributed by atoms with E-state index in [1.807, 2.05) is 72.8 Å². The van der Waals surface area contributed by atoms with Gasteiger partial charge in [-0.1, -0.05) is 65.9 Å². The smallest absolute Gasteiger partial charge is 0.343 e. The Morgan fingerprint density at radius 3 is 2.30 bits per heavy atom. The van der Waals surface area contributed by atoms with Crippen LogP contribution in [0, 0.1) is 11.6 Å². The van der Waals surface area contributed by atoms with Gasteiger partial charge in [0.15, 0.2) is 0 Å². The second-order valence-electron chi connectivity index (χ2n) is 11.2. The van der Waals surface area contributed by atoms with Crippen LogP contribution in [0.3, 0.4) is 0 Å². The van der Waals surface area contributed by atoms with Crippen molar-refractivity contribution >= 4 is 33.6 Å². The van der Waals surface area contributed by atoms with Crippen LogP contribution in [-0.2, 0) is 10.3 Å². The van der Waals surface area contributed by atoms with E-state index in [9.17, 15) is 23.5 Å². The maximum Gasteiger partial charge on any atom is 0.343 e. The number of ether oxygens (including phenoxy) is 1. The van der Waals surface area contributed by atoms with Crippen LogP contribution in [0.25, 0.3) is 38.6 Å². The Balaban J connectivity index is 1.14. The number of fused-ring (bicyclic) bond motifs is 2. The van der Waals surface area contributed by atoms with E-state index in [1.165, 1.54) is 6.20 Å². The highest BCUT2D eigenvalue weighted by molar-refractivity contribution is 6.08. The first-order valence-electron chi connectivity index (χ1n) is 14.7. The number of aliphatic hydroxyl groups is 1. The van der Waals surface area contributed by atoms with E-state index in [1.54, 1.807) is 4.90 Å². The number of carbonyl (C=O) groups is 2. The molecule has 6 aromatic rings. The molecule has 0 unspecified atom stereocenters. The van der Waals surface area contributed by atoms with Crippen molar-refractivity contribution < 1.29 is 28.2 Å². The van der Waals surface area contributed by atoms with Crippen molar-refractivity contribution in [2.24, 2.45) is 0 Å². The first-order valence-corrected chi connectivity index (χ1v) is 14.7. The minimum atomic E-state index is -1.42. The summed E-state index contributed by atoms with van der Waals surface area (Å²) in [5.74, 6) is -3.54. The van der Waals surface area contributed by atoms with Crippen molar-refractivity contribution in [3.8, 4) is 16.9 Å². The Bertz CT molecular complexity index is 2130. The number of likely N-dealkylation sites (tertiary alicyclic amines) is 1. The summed E-state index contributed by atoms with van der Waals surface area (Å²) in [6.45, 7) is 0.471. The summed E-state index contributed by atoms with van der Waals surface area (Å²) in [5.41, 5.74) is 0.776. The third-order valence-corrected chi connectivity index (χ3v) is 8.54. The molecule has 1 saturated heterocycles. The third kappa shape index (κ3) is 5.04. The minimum absolute atomic E-state index is 0.0239. The molecule has 0 bridgehead atoms. The Morgan fingerprint density at radius 1 is 0.891 bits per heavy atom. The number of hydrogen-bond donors (Lipinski definition) is 1. The highest BCUT2D eigenvalue weighted by Gasteiger charge is 2.38. The van der Waals surface area contributed by atoms with Gasteiger partial charge in [-0.25, -0.2) is 23.2 Å². The molecule has 1 aliphatic heterocycles. The SMILES string of the molecule is COC(=O)c1c(F)cc(-n2cc(C3(O)CCN(C(=O)c4cc(-c5cccc6ccccc56)nc5ccccc45)CC3)nn2)cc1F.